The smallest absolute Gasteiger partial charge is 0.0588 e. The average molecular weight is 281 g/mol. The molecule has 4 atom stereocenters. The lowest BCUT2D eigenvalue weighted by atomic mass is 9.78. The molecule has 3 nitrogen and oxygen atoms in total. The summed E-state index contributed by atoms with van der Waals surface area (Å²) in [5, 5.41) is 10.4. The molecule has 2 aliphatic heterocycles. The maximum Gasteiger partial charge on any atom is 0.0588 e. The number of aliphatic hydroxyl groups excluding tert-OH is 1. The Kier molecular flexibility index (Phi) is 5.36. The maximum atomic E-state index is 10.4. The number of nitrogens with zero attached hydrogens (tertiary/aromatic N) is 1. The van der Waals surface area contributed by atoms with Crippen LogP contribution in [0.5, 0.6) is 0 Å². The van der Waals surface area contributed by atoms with Crippen molar-refractivity contribution < 1.29 is 9.84 Å². The highest BCUT2D eigenvalue weighted by molar-refractivity contribution is 4.89. The molecule has 3 aliphatic rings. The van der Waals surface area contributed by atoms with Gasteiger partial charge in [-0.05, 0) is 51.5 Å². The monoisotopic (exact) mass is 281 g/mol. The molecule has 2 heterocycles. The van der Waals surface area contributed by atoms with E-state index in [0.717, 1.165) is 13.0 Å². The number of hydrogen-bond acceptors (Lipinski definition) is 3. The van der Waals surface area contributed by atoms with Crippen LogP contribution in [0.25, 0.3) is 0 Å². The third kappa shape index (κ3) is 3.55. The molecule has 20 heavy (non-hydrogen) atoms. The highest BCUT2D eigenvalue weighted by Crippen LogP contribution is 2.34. The number of rotatable bonds is 4. The van der Waals surface area contributed by atoms with Crippen LogP contribution < -0.4 is 0 Å². The fourth-order valence-corrected chi connectivity index (χ4v) is 4.55. The minimum atomic E-state index is -0.0444. The van der Waals surface area contributed by atoms with Gasteiger partial charge in [0.15, 0.2) is 0 Å². The van der Waals surface area contributed by atoms with E-state index in [0.29, 0.717) is 18.1 Å². The zero-order chi connectivity index (χ0) is 13.8. The third-order valence-electron chi connectivity index (χ3n) is 5.70. The Bertz CT molecular complexity index is 291. The van der Waals surface area contributed by atoms with Crippen molar-refractivity contribution in [2.75, 3.05) is 19.7 Å². The molecule has 116 valence electrons. The molecule has 3 fully saturated rings. The summed E-state index contributed by atoms with van der Waals surface area (Å²) in [5.41, 5.74) is 0. The van der Waals surface area contributed by atoms with Crippen LogP contribution in [0.3, 0.4) is 0 Å². The summed E-state index contributed by atoms with van der Waals surface area (Å²) in [6.07, 6.45) is 13.0. The minimum Gasteiger partial charge on any atom is -0.393 e. The van der Waals surface area contributed by atoms with Crippen molar-refractivity contribution in [3.05, 3.63) is 0 Å². The maximum absolute atomic E-state index is 10.4. The van der Waals surface area contributed by atoms with Gasteiger partial charge in [-0.15, -0.1) is 0 Å². The summed E-state index contributed by atoms with van der Waals surface area (Å²) in [5.74, 6) is 0.536. The van der Waals surface area contributed by atoms with E-state index in [1.165, 1.54) is 70.9 Å². The number of hydrogen-bond donors (Lipinski definition) is 1. The summed E-state index contributed by atoms with van der Waals surface area (Å²) in [6, 6.07) is 0.639. The summed E-state index contributed by atoms with van der Waals surface area (Å²) in [4.78, 5) is 2.68. The van der Waals surface area contributed by atoms with Crippen molar-refractivity contribution in [3.63, 3.8) is 0 Å². The van der Waals surface area contributed by atoms with Gasteiger partial charge in [-0.1, -0.05) is 19.3 Å². The van der Waals surface area contributed by atoms with E-state index in [1.54, 1.807) is 0 Å². The van der Waals surface area contributed by atoms with E-state index in [2.05, 4.69) is 4.90 Å². The molecule has 0 spiro atoms. The molecule has 4 unspecified atom stereocenters. The van der Waals surface area contributed by atoms with Crippen molar-refractivity contribution in [1.29, 1.82) is 0 Å². The van der Waals surface area contributed by atoms with Gasteiger partial charge in [-0.2, -0.15) is 0 Å². The van der Waals surface area contributed by atoms with Crippen molar-refractivity contribution in [1.82, 2.24) is 4.90 Å². The highest BCUT2D eigenvalue weighted by atomic mass is 16.5. The van der Waals surface area contributed by atoms with E-state index >= 15 is 0 Å². The van der Waals surface area contributed by atoms with Crippen molar-refractivity contribution >= 4 is 0 Å². The van der Waals surface area contributed by atoms with Gasteiger partial charge in [0.05, 0.1) is 12.2 Å². The largest absolute Gasteiger partial charge is 0.393 e. The van der Waals surface area contributed by atoms with Gasteiger partial charge in [-0.3, -0.25) is 4.90 Å². The van der Waals surface area contributed by atoms with Crippen LogP contribution in [0.1, 0.15) is 64.2 Å². The number of aliphatic hydroxyl groups is 1. The van der Waals surface area contributed by atoms with Gasteiger partial charge in [0.2, 0.25) is 0 Å². The lowest BCUT2D eigenvalue weighted by molar-refractivity contribution is -0.0111. The molecule has 1 saturated carbocycles. The summed E-state index contributed by atoms with van der Waals surface area (Å²) in [6.45, 7) is 3.38. The molecule has 1 N–H and O–H groups in total. The molecular formula is C17H31NO2. The van der Waals surface area contributed by atoms with Crippen LogP contribution >= 0.6 is 0 Å². The minimum absolute atomic E-state index is 0.0444. The van der Waals surface area contributed by atoms with Crippen LogP contribution in [0, 0.1) is 5.92 Å². The Morgan fingerprint density at radius 2 is 1.80 bits per heavy atom. The Morgan fingerprint density at radius 3 is 2.60 bits per heavy atom. The second-order valence-corrected chi connectivity index (χ2v) is 7.04. The fourth-order valence-electron chi connectivity index (χ4n) is 4.55. The molecule has 0 aromatic heterocycles. The zero-order valence-electron chi connectivity index (χ0n) is 12.8. The van der Waals surface area contributed by atoms with Crippen LogP contribution in [0.2, 0.25) is 0 Å². The molecule has 0 radical (unpaired) electrons. The van der Waals surface area contributed by atoms with Crippen molar-refractivity contribution in [2.24, 2.45) is 5.92 Å². The van der Waals surface area contributed by atoms with Crippen LogP contribution in [-0.4, -0.2) is 48.0 Å². The van der Waals surface area contributed by atoms with Crippen LogP contribution in [0.4, 0.5) is 0 Å². The van der Waals surface area contributed by atoms with E-state index in [4.69, 9.17) is 4.74 Å². The number of likely N-dealkylation sites (tertiary alicyclic amines) is 1. The van der Waals surface area contributed by atoms with Gasteiger partial charge >= 0.3 is 0 Å². The third-order valence-corrected chi connectivity index (χ3v) is 5.70. The molecule has 1 aliphatic carbocycles. The molecule has 0 aromatic carbocycles. The first-order valence-corrected chi connectivity index (χ1v) is 8.88. The van der Waals surface area contributed by atoms with Gasteiger partial charge in [0, 0.05) is 25.1 Å². The van der Waals surface area contributed by atoms with Gasteiger partial charge < -0.3 is 9.84 Å². The molecule has 3 heteroatoms. The summed E-state index contributed by atoms with van der Waals surface area (Å²) >= 11 is 0. The Labute approximate surface area is 123 Å². The molecule has 3 rings (SSSR count). The predicted octanol–water partition coefficient (Wildman–Crippen LogP) is 2.96. The Hall–Kier alpha value is -0.120. The molecule has 2 saturated heterocycles. The number of ether oxygens (including phenoxy) is 1. The first-order chi connectivity index (χ1) is 9.84. The predicted molar refractivity (Wildman–Crippen MR) is 80.8 cm³/mol. The Morgan fingerprint density at radius 1 is 0.950 bits per heavy atom. The Balaban J connectivity index is 1.55. The van der Waals surface area contributed by atoms with Crippen LogP contribution in [-0.2, 0) is 4.74 Å². The molecular weight excluding hydrogens is 250 g/mol. The summed E-state index contributed by atoms with van der Waals surface area (Å²) in [7, 11) is 0. The van der Waals surface area contributed by atoms with Crippen molar-refractivity contribution in [2.45, 2.75) is 82.5 Å². The van der Waals surface area contributed by atoms with Crippen molar-refractivity contribution in [3.8, 4) is 0 Å². The van der Waals surface area contributed by atoms with Gasteiger partial charge in [-0.25, -0.2) is 0 Å². The van der Waals surface area contributed by atoms with Gasteiger partial charge in [0.25, 0.3) is 0 Å². The SMILES string of the molecule is OC1CCCCC1C1CCCCN1CCC1CCCO1. The topological polar surface area (TPSA) is 32.7 Å². The highest BCUT2D eigenvalue weighted by Gasteiger charge is 2.35. The normalized spacial score (nSPS) is 40.0. The average Bonchev–Trinajstić information content (AvgIpc) is 2.99. The van der Waals surface area contributed by atoms with Gasteiger partial charge in [0.1, 0.15) is 0 Å². The lowest BCUT2D eigenvalue weighted by Gasteiger charge is -2.44. The first-order valence-electron chi connectivity index (χ1n) is 8.88. The van der Waals surface area contributed by atoms with Crippen LogP contribution in [0.15, 0.2) is 0 Å². The quantitative estimate of drug-likeness (QED) is 0.860. The second kappa shape index (κ2) is 7.24. The van der Waals surface area contributed by atoms with E-state index in [1.807, 2.05) is 0 Å². The molecule has 0 aromatic rings. The molecule has 0 bridgehead atoms. The second-order valence-electron chi connectivity index (χ2n) is 7.04. The standard InChI is InChI=1S/C17H31NO2/c19-17-9-2-1-7-15(17)16-8-3-4-11-18(16)12-10-14-6-5-13-20-14/h14-17,19H,1-13H2. The lowest BCUT2D eigenvalue weighted by Crippen LogP contribution is -2.49. The number of piperidine rings is 1. The van der Waals surface area contributed by atoms with E-state index < -0.39 is 0 Å². The molecule has 0 amide bonds. The fraction of sp³-hybridized carbons (Fsp3) is 1.00. The first kappa shape index (κ1) is 14.8. The zero-order valence-corrected chi connectivity index (χ0v) is 12.8. The van der Waals surface area contributed by atoms with E-state index in [-0.39, 0.29) is 6.10 Å². The summed E-state index contributed by atoms with van der Waals surface area (Å²) < 4.78 is 5.77. The van der Waals surface area contributed by atoms with E-state index in [9.17, 15) is 5.11 Å².